The molecule has 0 spiro atoms. The van der Waals surface area contributed by atoms with Crippen LogP contribution in [0.1, 0.15) is 31.2 Å². The smallest absolute Gasteiger partial charge is 0.222 e. The van der Waals surface area contributed by atoms with Gasteiger partial charge < -0.3 is 10.1 Å². The van der Waals surface area contributed by atoms with Crippen LogP contribution in [-0.4, -0.2) is 32.1 Å². The number of hydrogen-bond donors (Lipinski definition) is 1. The number of thioether (sulfide) groups is 1. The first-order valence-electron chi connectivity index (χ1n) is 10.0. The zero-order valence-corrected chi connectivity index (χ0v) is 16.4. The molecule has 5 heterocycles. The summed E-state index contributed by atoms with van der Waals surface area (Å²) in [5, 5.41) is 9.78. The van der Waals surface area contributed by atoms with Crippen LogP contribution in [-0.2, 0) is 6.61 Å². The Morgan fingerprint density at radius 2 is 1.93 bits per heavy atom. The molecule has 2 unspecified atom stereocenters. The summed E-state index contributed by atoms with van der Waals surface area (Å²) < 4.78 is 7.92. The lowest BCUT2D eigenvalue weighted by molar-refractivity contribution is 0.288. The third-order valence-electron chi connectivity index (χ3n) is 6.06. The maximum absolute atomic E-state index is 6.04. The molecule has 2 aromatic heterocycles. The van der Waals surface area contributed by atoms with E-state index in [1.807, 2.05) is 28.7 Å². The van der Waals surface area contributed by atoms with Crippen molar-refractivity contribution in [2.24, 2.45) is 0 Å². The van der Waals surface area contributed by atoms with E-state index in [2.05, 4.69) is 40.7 Å². The topological polar surface area (TPSA) is 52.0 Å². The van der Waals surface area contributed by atoms with Crippen molar-refractivity contribution in [3.8, 4) is 22.7 Å². The minimum atomic E-state index is 0.552. The maximum atomic E-state index is 6.04. The van der Waals surface area contributed by atoms with E-state index in [9.17, 15) is 0 Å². The Labute approximate surface area is 168 Å². The molecule has 142 valence electrons. The number of fused-ring (bicyclic) bond motifs is 5. The third-order valence-corrected chi connectivity index (χ3v) is 7.25. The molecule has 2 bridgehead atoms. The molecule has 1 aromatic carbocycles. The van der Waals surface area contributed by atoms with Gasteiger partial charge in [0.15, 0.2) is 0 Å². The van der Waals surface area contributed by atoms with Crippen molar-refractivity contribution in [1.29, 1.82) is 0 Å². The number of nitrogens with one attached hydrogen (secondary N) is 1. The summed E-state index contributed by atoms with van der Waals surface area (Å²) in [6, 6.07) is 14.1. The Balaban J connectivity index is 1.26. The Morgan fingerprint density at radius 3 is 2.75 bits per heavy atom. The van der Waals surface area contributed by atoms with Crippen molar-refractivity contribution < 1.29 is 4.74 Å². The Bertz CT molecular complexity index is 1010. The van der Waals surface area contributed by atoms with Crippen LogP contribution in [0.25, 0.3) is 16.8 Å². The molecule has 2 saturated heterocycles. The molecule has 3 aromatic rings. The number of pyridine rings is 1. The molecule has 2 atom stereocenters. The molecule has 0 amide bonds. The summed E-state index contributed by atoms with van der Waals surface area (Å²) in [7, 11) is 0. The van der Waals surface area contributed by atoms with Gasteiger partial charge in [0.2, 0.25) is 5.88 Å². The fourth-order valence-electron chi connectivity index (χ4n) is 4.75. The molecule has 1 N–H and O–H groups in total. The Hall–Kier alpha value is -2.31. The quantitative estimate of drug-likeness (QED) is 0.726. The highest BCUT2D eigenvalue weighted by molar-refractivity contribution is 7.99. The highest BCUT2D eigenvalue weighted by atomic mass is 32.2. The number of rotatable bonds is 3. The van der Waals surface area contributed by atoms with Crippen LogP contribution in [0.5, 0.6) is 5.88 Å². The molecule has 0 radical (unpaired) electrons. The number of piperidine rings is 1. The normalized spacial score (nSPS) is 25.1. The first-order chi connectivity index (χ1) is 13.8. The maximum Gasteiger partial charge on any atom is 0.222 e. The van der Waals surface area contributed by atoms with Gasteiger partial charge in [0.1, 0.15) is 11.6 Å². The summed E-state index contributed by atoms with van der Waals surface area (Å²) >= 11 is 1.92. The zero-order valence-electron chi connectivity index (χ0n) is 15.5. The van der Waals surface area contributed by atoms with Crippen LogP contribution in [0.3, 0.4) is 0 Å². The number of hydrogen-bond acceptors (Lipinski definition) is 5. The average molecular weight is 391 g/mol. The first kappa shape index (κ1) is 16.6. The van der Waals surface area contributed by atoms with Gasteiger partial charge in [-0.1, -0.05) is 6.07 Å². The van der Waals surface area contributed by atoms with E-state index in [1.165, 1.54) is 36.8 Å². The average Bonchev–Trinajstić information content (AvgIpc) is 3.37. The minimum Gasteiger partial charge on any atom is -0.472 e. The second kappa shape index (κ2) is 6.64. The van der Waals surface area contributed by atoms with Gasteiger partial charge in [0, 0.05) is 35.3 Å². The zero-order chi connectivity index (χ0) is 18.5. The van der Waals surface area contributed by atoms with Gasteiger partial charge in [0.05, 0.1) is 5.69 Å². The van der Waals surface area contributed by atoms with Gasteiger partial charge in [-0.15, -0.1) is 11.8 Å². The SMILES string of the molecule is c1cnn(-c2ccc3c(c2)COc2nc(SC4CC5CCC(C4)N5)ccc2-3)c1. The lowest BCUT2D eigenvalue weighted by atomic mass is 9.98. The molecular weight excluding hydrogens is 368 g/mol. The summed E-state index contributed by atoms with van der Waals surface area (Å²) in [4.78, 5) is 4.85. The Morgan fingerprint density at radius 1 is 1.07 bits per heavy atom. The number of aromatic nitrogens is 3. The minimum absolute atomic E-state index is 0.552. The summed E-state index contributed by atoms with van der Waals surface area (Å²) in [6.45, 7) is 0.552. The molecule has 0 saturated carbocycles. The fourth-order valence-corrected chi connectivity index (χ4v) is 6.03. The van der Waals surface area contributed by atoms with Gasteiger partial charge in [-0.25, -0.2) is 9.67 Å². The van der Waals surface area contributed by atoms with Crippen LogP contribution < -0.4 is 10.1 Å². The molecule has 0 aliphatic carbocycles. The second-order valence-electron chi connectivity index (χ2n) is 7.93. The molecule has 3 aliphatic heterocycles. The molecule has 6 rings (SSSR count). The summed E-state index contributed by atoms with van der Waals surface area (Å²) in [5.41, 5.74) is 4.53. The second-order valence-corrected chi connectivity index (χ2v) is 9.25. The van der Waals surface area contributed by atoms with Gasteiger partial charge in [-0.2, -0.15) is 5.10 Å². The van der Waals surface area contributed by atoms with Crippen LogP contribution in [0.15, 0.2) is 53.8 Å². The number of benzene rings is 1. The molecular formula is C22H22N4OS. The molecule has 3 aliphatic rings. The number of nitrogens with zero attached hydrogens (tertiary/aromatic N) is 3. The summed E-state index contributed by atoms with van der Waals surface area (Å²) in [5.74, 6) is 0.765. The van der Waals surface area contributed by atoms with E-state index in [0.717, 1.165) is 22.2 Å². The fraction of sp³-hybridized carbons (Fsp3) is 0.364. The Kier molecular flexibility index (Phi) is 3.94. The lowest BCUT2D eigenvalue weighted by Crippen LogP contribution is -2.39. The van der Waals surface area contributed by atoms with Gasteiger partial charge in [-0.3, -0.25) is 0 Å². The largest absolute Gasteiger partial charge is 0.472 e. The van der Waals surface area contributed by atoms with E-state index in [0.29, 0.717) is 23.9 Å². The monoisotopic (exact) mass is 390 g/mol. The predicted molar refractivity (Wildman–Crippen MR) is 110 cm³/mol. The van der Waals surface area contributed by atoms with E-state index in [1.54, 1.807) is 6.20 Å². The van der Waals surface area contributed by atoms with Gasteiger partial charge in [-0.05, 0) is 67.1 Å². The molecule has 2 fully saturated rings. The highest BCUT2D eigenvalue weighted by Crippen LogP contribution is 2.41. The predicted octanol–water partition coefficient (Wildman–Crippen LogP) is 4.20. The van der Waals surface area contributed by atoms with Crippen molar-refractivity contribution in [1.82, 2.24) is 20.1 Å². The van der Waals surface area contributed by atoms with E-state index in [-0.39, 0.29) is 0 Å². The van der Waals surface area contributed by atoms with Crippen molar-refractivity contribution in [2.75, 3.05) is 0 Å². The molecule has 5 nitrogen and oxygen atoms in total. The van der Waals surface area contributed by atoms with Crippen LogP contribution in [0.2, 0.25) is 0 Å². The standard InChI is InChI=1S/C22H22N4OS/c1-8-23-26(9-1)17-4-5-19-14(10-17)13-27-22-20(19)6-7-21(25-22)28-18-11-15-2-3-16(12-18)24-15/h1,4-10,15-16,18,24H,2-3,11-13H2. The van der Waals surface area contributed by atoms with Crippen molar-refractivity contribution in [2.45, 2.75) is 54.6 Å². The number of ether oxygens (including phenoxy) is 1. The van der Waals surface area contributed by atoms with E-state index in [4.69, 9.17) is 9.72 Å². The van der Waals surface area contributed by atoms with Crippen LogP contribution in [0, 0.1) is 0 Å². The van der Waals surface area contributed by atoms with Crippen molar-refractivity contribution >= 4 is 11.8 Å². The highest BCUT2D eigenvalue weighted by Gasteiger charge is 2.34. The van der Waals surface area contributed by atoms with Crippen molar-refractivity contribution in [3.63, 3.8) is 0 Å². The van der Waals surface area contributed by atoms with E-state index < -0.39 is 0 Å². The van der Waals surface area contributed by atoms with Crippen molar-refractivity contribution in [3.05, 3.63) is 54.4 Å². The van der Waals surface area contributed by atoms with Gasteiger partial charge >= 0.3 is 0 Å². The van der Waals surface area contributed by atoms with Gasteiger partial charge in [0.25, 0.3) is 0 Å². The third kappa shape index (κ3) is 2.91. The molecule has 6 heteroatoms. The lowest BCUT2D eigenvalue weighted by Gasteiger charge is -2.28. The first-order valence-corrected chi connectivity index (χ1v) is 10.9. The van der Waals surface area contributed by atoms with Crippen LogP contribution >= 0.6 is 11.8 Å². The summed E-state index contributed by atoms with van der Waals surface area (Å²) in [6.07, 6.45) is 8.92. The molecule has 28 heavy (non-hydrogen) atoms. The van der Waals surface area contributed by atoms with Crippen LogP contribution in [0.4, 0.5) is 0 Å². The van der Waals surface area contributed by atoms with E-state index >= 15 is 0 Å².